The van der Waals surface area contributed by atoms with E-state index in [1.807, 2.05) is 13.0 Å². The van der Waals surface area contributed by atoms with Gasteiger partial charge in [0.15, 0.2) is 0 Å². The Hall–Kier alpha value is -1.61. The predicted octanol–water partition coefficient (Wildman–Crippen LogP) is 3.43. The SMILES string of the molecule is Cc1cc(F)cc(-c2cc(Cl)cnc2N)c1. The number of nitrogens with zero attached hydrogens (tertiary/aromatic N) is 1. The summed E-state index contributed by atoms with van der Waals surface area (Å²) >= 11 is 5.83. The third-order valence-corrected chi connectivity index (χ3v) is 2.44. The van der Waals surface area contributed by atoms with Crippen molar-refractivity contribution in [3.8, 4) is 11.1 Å². The molecule has 2 N–H and O–H groups in total. The molecule has 0 radical (unpaired) electrons. The standard InChI is InChI=1S/C12H10ClFN2/c1-7-2-8(4-10(14)3-7)11-5-9(13)6-16-12(11)15/h2-6H,1H3,(H2,15,16). The van der Waals surface area contributed by atoms with Gasteiger partial charge in [0, 0.05) is 11.8 Å². The summed E-state index contributed by atoms with van der Waals surface area (Å²) in [6, 6.07) is 6.39. The van der Waals surface area contributed by atoms with Gasteiger partial charge < -0.3 is 5.73 Å². The number of hydrogen-bond acceptors (Lipinski definition) is 2. The second-order valence-corrected chi connectivity index (χ2v) is 4.04. The molecule has 0 aliphatic carbocycles. The minimum Gasteiger partial charge on any atom is -0.383 e. The molecule has 4 heteroatoms. The minimum atomic E-state index is -0.297. The molecule has 0 saturated carbocycles. The second kappa shape index (κ2) is 4.10. The normalized spacial score (nSPS) is 10.4. The predicted molar refractivity (Wildman–Crippen MR) is 63.8 cm³/mol. The van der Waals surface area contributed by atoms with E-state index in [9.17, 15) is 4.39 Å². The summed E-state index contributed by atoms with van der Waals surface area (Å²) in [5, 5.41) is 0.478. The topological polar surface area (TPSA) is 38.9 Å². The Morgan fingerprint density at radius 1 is 1.25 bits per heavy atom. The van der Waals surface area contributed by atoms with Gasteiger partial charge in [-0.15, -0.1) is 0 Å². The molecule has 0 fully saturated rings. The van der Waals surface area contributed by atoms with Gasteiger partial charge in [-0.05, 0) is 36.2 Å². The highest BCUT2D eigenvalue weighted by Crippen LogP contribution is 2.28. The van der Waals surface area contributed by atoms with E-state index < -0.39 is 0 Å². The highest BCUT2D eigenvalue weighted by molar-refractivity contribution is 6.30. The van der Waals surface area contributed by atoms with Crippen LogP contribution in [0.4, 0.5) is 10.2 Å². The zero-order valence-corrected chi connectivity index (χ0v) is 9.42. The summed E-state index contributed by atoms with van der Waals surface area (Å²) in [7, 11) is 0. The van der Waals surface area contributed by atoms with Crippen molar-refractivity contribution in [1.82, 2.24) is 4.98 Å². The Kier molecular flexibility index (Phi) is 2.79. The zero-order chi connectivity index (χ0) is 11.7. The average Bonchev–Trinajstić information content (AvgIpc) is 2.20. The first-order chi connectivity index (χ1) is 7.56. The number of aromatic nitrogens is 1. The molecule has 0 aliphatic rings. The van der Waals surface area contributed by atoms with Crippen LogP contribution in [0.3, 0.4) is 0 Å². The van der Waals surface area contributed by atoms with Gasteiger partial charge in [0.05, 0.1) is 5.02 Å². The lowest BCUT2D eigenvalue weighted by Crippen LogP contribution is -1.94. The maximum absolute atomic E-state index is 13.3. The molecule has 16 heavy (non-hydrogen) atoms. The molecule has 2 nitrogen and oxygen atoms in total. The van der Waals surface area contributed by atoms with Gasteiger partial charge >= 0.3 is 0 Å². The Labute approximate surface area is 97.9 Å². The molecule has 2 rings (SSSR count). The molecular weight excluding hydrogens is 227 g/mol. The van der Waals surface area contributed by atoms with E-state index >= 15 is 0 Å². The van der Waals surface area contributed by atoms with E-state index in [1.54, 1.807) is 6.07 Å². The van der Waals surface area contributed by atoms with Crippen LogP contribution in [0, 0.1) is 12.7 Å². The number of nitrogens with two attached hydrogens (primary N) is 1. The summed E-state index contributed by atoms with van der Waals surface area (Å²) < 4.78 is 13.3. The van der Waals surface area contributed by atoms with Crippen molar-refractivity contribution in [2.24, 2.45) is 0 Å². The fraction of sp³-hybridized carbons (Fsp3) is 0.0833. The lowest BCUT2D eigenvalue weighted by atomic mass is 10.0. The van der Waals surface area contributed by atoms with E-state index in [-0.39, 0.29) is 5.82 Å². The van der Waals surface area contributed by atoms with Gasteiger partial charge in [-0.25, -0.2) is 9.37 Å². The summed E-state index contributed by atoms with van der Waals surface area (Å²) in [5.41, 5.74) is 7.89. The van der Waals surface area contributed by atoms with Crippen LogP contribution in [-0.4, -0.2) is 4.98 Å². The van der Waals surface area contributed by atoms with Crippen LogP contribution < -0.4 is 5.73 Å². The van der Waals surface area contributed by atoms with Crippen LogP contribution in [0.15, 0.2) is 30.5 Å². The van der Waals surface area contributed by atoms with Crippen LogP contribution in [0.2, 0.25) is 5.02 Å². The quantitative estimate of drug-likeness (QED) is 0.824. The van der Waals surface area contributed by atoms with Gasteiger partial charge in [-0.2, -0.15) is 0 Å². The van der Waals surface area contributed by atoms with Gasteiger partial charge in [0.2, 0.25) is 0 Å². The molecule has 0 aliphatic heterocycles. The van der Waals surface area contributed by atoms with E-state index in [2.05, 4.69) is 4.98 Å². The first-order valence-electron chi connectivity index (χ1n) is 4.75. The van der Waals surface area contributed by atoms with Gasteiger partial charge in [-0.1, -0.05) is 17.7 Å². The highest BCUT2D eigenvalue weighted by atomic mass is 35.5. The molecule has 0 saturated heterocycles. The molecule has 2 aromatic rings. The lowest BCUT2D eigenvalue weighted by molar-refractivity contribution is 0.627. The van der Waals surface area contributed by atoms with Crippen molar-refractivity contribution in [3.05, 3.63) is 46.9 Å². The number of pyridine rings is 1. The molecule has 0 atom stereocenters. The fourth-order valence-electron chi connectivity index (χ4n) is 1.57. The third kappa shape index (κ3) is 2.14. The summed E-state index contributed by atoms with van der Waals surface area (Å²) in [6.45, 7) is 1.82. The molecule has 82 valence electrons. The number of rotatable bonds is 1. The summed E-state index contributed by atoms with van der Waals surface area (Å²) in [5.74, 6) is 0.0452. The Balaban J connectivity index is 2.62. The first-order valence-corrected chi connectivity index (χ1v) is 5.12. The molecule has 0 amide bonds. The highest BCUT2D eigenvalue weighted by Gasteiger charge is 2.06. The van der Waals surface area contributed by atoms with Crippen LogP contribution in [-0.2, 0) is 0 Å². The molecule has 0 spiro atoms. The second-order valence-electron chi connectivity index (χ2n) is 3.60. The van der Waals surface area contributed by atoms with Gasteiger partial charge in [-0.3, -0.25) is 0 Å². The molecule has 0 bridgehead atoms. The van der Waals surface area contributed by atoms with Crippen LogP contribution in [0.1, 0.15) is 5.56 Å². The largest absolute Gasteiger partial charge is 0.383 e. The minimum absolute atomic E-state index is 0.297. The van der Waals surface area contributed by atoms with E-state index in [1.165, 1.54) is 18.3 Å². The van der Waals surface area contributed by atoms with Gasteiger partial charge in [0.1, 0.15) is 11.6 Å². The monoisotopic (exact) mass is 236 g/mol. The fourth-order valence-corrected chi connectivity index (χ4v) is 1.73. The van der Waals surface area contributed by atoms with E-state index in [0.29, 0.717) is 22.0 Å². The molecule has 1 aromatic carbocycles. The lowest BCUT2D eigenvalue weighted by Gasteiger charge is -2.06. The summed E-state index contributed by atoms with van der Waals surface area (Å²) in [4.78, 5) is 3.94. The Morgan fingerprint density at radius 2 is 2.00 bits per heavy atom. The molecule has 0 unspecified atom stereocenters. The number of anilines is 1. The van der Waals surface area contributed by atoms with Crippen molar-refractivity contribution >= 4 is 17.4 Å². The van der Waals surface area contributed by atoms with Crippen LogP contribution in [0.25, 0.3) is 11.1 Å². The van der Waals surface area contributed by atoms with E-state index in [4.69, 9.17) is 17.3 Å². The van der Waals surface area contributed by atoms with E-state index in [0.717, 1.165) is 5.56 Å². The maximum Gasteiger partial charge on any atom is 0.131 e. The van der Waals surface area contributed by atoms with Crippen LogP contribution in [0.5, 0.6) is 0 Å². The van der Waals surface area contributed by atoms with Crippen molar-refractivity contribution in [1.29, 1.82) is 0 Å². The Bertz CT molecular complexity index is 520. The number of halogens is 2. The van der Waals surface area contributed by atoms with Crippen molar-refractivity contribution in [2.75, 3.05) is 5.73 Å². The first kappa shape index (κ1) is 10.9. The van der Waals surface area contributed by atoms with Crippen molar-refractivity contribution in [2.45, 2.75) is 6.92 Å². The summed E-state index contributed by atoms with van der Waals surface area (Å²) in [6.07, 6.45) is 1.46. The number of aryl methyl sites for hydroxylation is 1. The number of nitrogen functional groups attached to an aromatic ring is 1. The van der Waals surface area contributed by atoms with Crippen molar-refractivity contribution in [3.63, 3.8) is 0 Å². The van der Waals surface area contributed by atoms with Crippen molar-refractivity contribution < 1.29 is 4.39 Å². The smallest absolute Gasteiger partial charge is 0.131 e. The molecule has 1 heterocycles. The molecular formula is C12H10ClFN2. The third-order valence-electron chi connectivity index (χ3n) is 2.24. The van der Waals surface area contributed by atoms with Crippen LogP contribution >= 0.6 is 11.6 Å². The Morgan fingerprint density at radius 3 is 2.69 bits per heavy atom. The zero-order valence-electron chi connectivity index (χ0n) is 8.67. The molecule has 1 aromatic heterocycles. The number of hydrogen-bond donors (Lipinski definition) is 1. The van der Waals surface area contributed by atoms with Gasteiger partial charge in [0.25, 0.3) is 0 Å². The maximum atomic E-state index is 13.3. The average molecular weight is 237 g/mol. The number of benzene rings is 1.